The Morgan fingerprint density at radius 3 is 2.60 bits per heavy atom. The van der Waals surface area contributed by atoms with Crippen LogP contribution in [0.5, 0.6) is 0 Å². The number of anilines is 1. The number of esters is 1. The summed E-state index contributed by atoms with van der Waals surface area (Å²) in [4.78, 5) is 42.0. The lowest BCUT2D eigenvalue weighted by atomic mass is 9.97. The molecule has 2 amide bonds. The summed E-state index contributed by atoms with van der Waals surface area (Å²) in [7, 11) is 1.56. The van der Waals surface area contributed by atoms with Crippen LogP contribution in [0.1, 0.15) is 28.8 Å². The Hall–Kier alpha value is -3.67. The van der Waals surface area contributed by atoms with Crippen LogP contribution >= 0.6 is 0 Å². The van der Waals surface area contributed by atoms with Crippen molar-refractivity contribution in [3.63, 3.8) is 0 Å². The number of benzene rings is 3. The summed E-state index contributed by atoms with van der Waals surface area (Å²) in [5, 5.41) is 2.06. The summed E-state index contributed by atoms with van der Waals surface area (Å²) in [6, 6.07) is 20.6. The number of likely N-dealkylation sites (N-methyl/N-ethyl adjacent to an activating group) is 1. The van der Waals surface area contributed by atoms with Crippen molar-refractivity contribution in [1.82, 2.24) is 4.90 Å². The summed E-state index contributed by atoms with van der Waals surface area (Å²) in [6.45, 7) is 0.0631. The molecule has 2 heterocycles. The molecule has 1 saturated heterocycles. The van der Waals surface area contributed by atoms with E-state index in [2.05, 4.69) is 0 Å². The summed E-state index contributed by atoms with van der Waals surface area (Å²) in [5.74, 6) is -1.07. The lowest BCUT2D eigenvalue weighted by Gasteiger charge is -2.46. The number of carbonyl (C=O) groups excluding carboxylic acids is 3. The van der Waals surface area contributed by atoms with Crippen molar-refractivity contribution in [3.05, 3.63) is 77.9 Å². The average Bonchev–Trinajstić information content (AvgIpc) is 3.14. The zero-order valence-corrected chi connectivity index (χ0v) is 16.5. The van der Waals surface area contributed by atoms with Crippen molar-refractivity contribution >= 4 is 34.2 Å². The maximum atomic E-state index is 13.4. The predicted molar refractivity (Wildman–Crippen MR) is 112 cm³/mol. The molecule has 0 bridgehead atoms. The van der Waals surface area contributed by atoms with E-state index >= 15 is 0 Å². The second-order valence-electron chi connectivity index (χ2n) is 7.64. The van der Waals surface area contributed by atoms with Crippen LogP contribution in [0.3, 0.4) is 0 Å². The van der Waals surface area contributed by atoms with E-state index in [1.165, 1.54) is 9.80 Å². The molecule has 1 fully saturated rings. The molecule has 0 aromatic heterocycles. The van der Waals surface area contributed by atoms with Gasteiger partial charge in [-0.15, -0.1) is 0 Å². The molecular formula is C24H20N2O4. The first-order valence-corrected chi connectivity index (χ1v) is 9.88. The van der Waals surface area contributed by atoms with Gasteiger partial charge in [-0.2, -0.15) is 0 Å². The second kappa shape index (κ2) is 6.69. The van der Waals surface area contributed by atoms with E-state index in [1.807, 2.05) is 42.5 Å². The van der Waals surface area contributed by atoms with E-state index in [1.54, 1.807) is 31.3 Å². The molecule has 0 N–H and O–H groups in total. The van der Waals surface area contributed by atoms with E-state index in [4.69, 9.17) is 4.74 Å². The minimum absolute atomic E-state index is 0.0631. The Labute approximate surface area is 173 Å². The number of rotatable bonds is 3. The van der Waals surface area contributed by atoms with Gasteiger partial charge < -0.3 is 9.64 Å². The summed E-state index contributed by atoms with van der Waals surface area (Å²) < 4.78 is 5.74. The quantitative estimate of drug-likeness (QED) is 0.631. The van der Waals surface area contributed by atoms with Gasteiger partial charge in [0.25, 0.3) is 5.91 Å². The van der Waals surface area contributed by atoms with Gasteiger partial charge in [-0.3, -0.25) is 14.5 Å². The molecular weight excluding hydrogens is 380 g/mol. The minimum atomic E-state index is -1.45. The molecule has 0 radical (unpaired) electrons. The number of ether oxygens (including phenoxy) is 1. The number of carbonyl (C=O) groups is 3. The van der Waals surface area contributed by atoms with Gasteiger partial charge in [-0.25, -0.2) is 4.79 Å². The van der Waals surface area contributed by atoms with Gasteiger partial charge >= 0.3 is 5.97 Å². The van der Waals surface area contributed by atoms with Crippen molar-refractivity contribution in [3.8, 4) is 0 Å². The van der Waals surface area contributed by atoms with Crippen molar-refractivity contribution < 1.29 is 19.1 Å². The van der Waals surface area contributed by atoms with Gasteiger partial charge in [-0.05, 0) is 28.5 Å². The molecule has 2 aliphatic rings. The van der Waals surface area contributed by atoms with Crippen LogP contribution in [0.4, 0.5) is 5.69 Å². The Kier molecular flexibility index (Phi) is 4.10. The number of hydrogen-bond acceptors (Lipinski definition) is 4. The minimum Gasteiger partial charge on any atom is -0.458 e. The summed E-state index contributed by atoms with van der Waals surface area (Å²) in [5.41, 5.74) is 0.296. The standard InChI is InChI=1S/C24H20N2O4/c1-25-22(28)19-11-4-5-12-20(19)26-21(27)13-14-24(25,26)23(29)30-15-17-9-6-8-16-7-2-3-10-18(16)17/h2-12H,13-15H2,1H3. The van der Waals surface area contributed by atoms with Crippen molar-refractivity contribution in [2.45, 2.75) is 25.1 Å². The second-order valence-corrected chi connectivity index (χ2v) is 7.64. The van der Waals surface area contributed by atoms with Gasteiger partial charge in [-0.1, -0.05) is 54.6 Å². The molecule has 3 aromatic carbocycles. The molecule has 1 atom stereocenters. The molecule has 1 unspecified atom stereocenters. The van der Waals surface area contributed by atoms with Gasteiger partial charge in [0.2, 0.25) is 11.6 Å². The number of nitrogens with zero attached hydrogens (tertiary/aromatic N) is 2. The normalized spacial score (nSPS) is 20.3. The maximum Gasteiger partial charge on any atom is 0.354 e. The summed E-state index contributed by atoms with van der Waals surface area (Å²) in [6.07, 6.45) is 0.381. The van der Waals surface area contributed by atoms with Gasteiger partial charge in [0.1, 0.15) is 6.61 Å². The van der Waals surface area contributed by atoms with Crippen molar-refractivity contribution in [2.75, 3.05) is 11.9 Å². The van der Waals surface area contributed by atoms with Crippen molar-refractivity contribution in [1.29, 1.82) is 0 Å². The molecule has 0 saturated carbocycles. The third kappa shape index (κ3) is 2.46. The fourth-order valence-electron chi connectivity index (χ4n) is 4.57. The average molecular weight is 400 g/mol. The first kappa shape index (κ1) is 18.4. The van der Waals surface area contributed by atoms with Gasteiger partial charge in [0.15, 0.2) is 0 Å². The molecule has 0 spiro atoms. The number of amides is 2. The zero-order chi connectivity index (χ0) is 20.9. The number of fused-ring (bicyclic) bond motifs is 4. The number of para-hydroxylation sites is 1. The molecule has 6 nitrogen and oxygen atoms in total. The first-order valence-electron chi connectivity index (χ1n) is 9.88. The largest absolute Gasteiger partial charge is 0.458 e. The highest BCUT2D eigenvalue weighted by Gasteiger charge is 2.60. The Morgan fingerprint density at radius 1 is 1.00 bits per heavy atom. The lowest BCUT2D eigenvalue weighted by molar-refractivity contribution is -0.157. The van der Waals surface area contributed by atoms with Crippen LogP contribution in [0.15, 0.2) is 66.7 Å². The van der Waals surface area contributed by atoms with E-state index in [0.29, 0.717) is 11.3 Å². The van der Waals surface area contributed by atoms with E-state index in [-0.39, 0.29) is 31.3 Å². The predicted octanol–water partition coefficient (Wildman–Crippen LogP) is 3.49. The van der Waals surface area contributed by atoms with Crippen LogP contribution in [-0.2, 0) is 20.9 Å². The Bertz CT molecular complexity index is 1200. The molecule has 3 aromatic rings. The molecule has 5 rings (SSSR count). The van der Waals surface area contributed by atoms with Crippen LogP contribution in [0.2, 0.25) is 0 Å². The SMILES string of the molecule is CN1C(=O)c2ccccc2N2C(=O)CCC12C(=O)OCc1cccc2ccccc12. The Morgan fingerprint density at radius 2 is 1.73 bits per heavy atom. The molecule has 150 valence electrons. The van der Waals surface area contributed by atoms with Crippen LogP contribution in [-0.4, -0.2) is 35.4 Å². The molecule has 6 heteroatoms. The highest BCUT2D eigenvalue weighted by atomic mass is 16.5. The van der Waals surface area contributed by atoms with Crippen LogP contribution in [0.25, 0.3) is 10.8 Å². The smallest absolute Gasteiger partial charge is 0.354 e. The first-order chi connectivity index (χ1) is 14.5. The van der Waals surface area contributed by atoms with Gasteiger partial charge in [0.05, 0.1) is 11.3 Å². The topological polar surface area (TPSA) is 66.9 Å². The fraction of sp³-hybridized carbons (Fsp3) is 0.208. The van der Waals surface area contributed by atoms with Gasteiger partial charge in [0, 0.05) is 19.9 Å². The van der Waals surface area contributed by atoms with E-state index in [9.17, 15) is 14.4 Å². The third-order valence-electron chi connectivity index (χ3n) is 6.11. The molecule has 0 aliphatic carbocycles. The summed E-state index contributed by atoms with van der Waals surface area (Å²) >= 11 is 0. The highest BCUT2D eigenvalue weighted by Crippen LogP contribution is 2.44. The van der Waals surface area contributed by atoms with E-state index in [0.717, 1.165) is 16.3 Å². The maximum absolute atomic E-state index is 13.4. The fourth-order valence-corrected chi connectivity index (χ4v) is 4.57. The zero-order valence-electron chi connectivity index (χ0n) is 16.5. The van der Waals surface area contributed by atoms with E-state index < -0.39 is 11.6 Å². The molecule has 30 heavy (non-hydrogen) atoms. The molecule has 2 aliphatic heterocycles. The lowest BCUT2D eigenvalue weighted by Crippen LogP contribution is -2.67. The highest BCUT2D eigenvalue weighted by molar-refractivity contribution is 6.15. The Balaban J connectivity index is 1.51. The monoisotopic (exact) mass is 400 g/mol. The third-order valence-corrected chi connectivity index (χ3v) is 6.11. The van der Waals surface area contributed by atoms with Crippen LogP contribution < -0.4 is 4.90 Å². The van der Waals surface area contributed by atoms with Crippen molar-refractivity contribution in [2.24, 2.45) is 0 Å². The van der Waals surface area contributed by atoms with Crippen LogP contribution in [0, 0.1) is 0 Å². The number of hydrogen-bond donors (Lipinski definition) is 0.